The Morgan fingerprint density at radius 3 is 2.53 bits per heavy atom. The molecule has 1 heterocycles. The molecule has 1 unspecified atom stereocenters. The van der Waals surface area contributed by atoms with Gasteiger partial charge in [0.05, 0.1) is 0 Å². The SMILES string of the molecule is CCC(CSC)NC1CCN(c2ccccc2)CC1. The monoisotopic (exact) mass is 278 g/mol. The highest BCUT2D eigenvalue weighted by molar-refractivity contribution is 7.98. The molecule has 1 aliphatic rings. The van der Waals surface area contributed by atoms with Gasteiger partial charge in [-0.1, -0.05) is 25.1 Å². The highest BCUT2D eigenvalue weighted by atomic mass is 32.2. The standard InChI is InChI=1S/C16H26N2S/c1-3-14(13-19-2)17-15-9-11-18(12-10-15)16-7-5-4-6-8-16/h4-8,14-15,17H,3,9-13H2,1-2H3. The number of hydrogen-bond acceptors (Lipinski definition) is 3. The van der Waals surface area contributed by atoms with E-state index in [9.17, 15) is 0 Å². The van der Waals surface area contributed by atoms with E-state index in [1.54, 1.807) is 0 Å². The van der Waals surface area contributed by atoms with Crippen molar-refractivity contribution in [2.45, 2.75) is 38.3 Å². The summed E-state index contributed by atoms with van der Waals surface area (Å²) in [6.45, 7) is 4.64. The predicted molar refractivity (Wildman–Crippen MR) is 87.3 cm³/mol. The van der Waals surface area contributed by atoms with Crippen LogP contribution in [0.5, 0.6) is 0 Å². The second kappa shape index (κ2) is 7.81. The summed E-state index contributed by atoms with van der Waals surface area (Å²) in [5.41, 5.74) is 1.37. The van der Waals surface area contributed by atoms with Gasteiger partial charge >= 0.3 is 0 Å². The lowest BCUT2D eigenvalue weighted by atomic mass is 10.0. The van der Waals surface area contributed by atoms with Crippen molar-refractivity contribution in [2.24, 2.45) is 0 Å². The molecular weight excluding hydrogens is 252 g/mol. The maximum absolute atomic E-state index is 3.83. The zero-order valence-corrected chi connectivity index (χ0v) is 13.0. The van der Waals surface area contributed by atoms with Gasteiger partial charge in [-0.05, 0) is 37.7 Å². The lowest BCUT2D eigenvalue weighted by Gasteiger charge is -2.35. The number of thioether (sulfide) groups is 1. The second-order valence-electron chi connectivity index (χ2n) is 5.32. The van der Waals surface area contributed by atoms with Crippen molar-refractivity contribution in [3.63, 3.8) is 0 Å². The zero-order valence-electron chi connectivity index (χ0n) is 12.1. The Hall–Kier alpha value is -0.670. The summed E-state index contributed by atoms with van der Waals surface area (Å²) in [7, 11) is 0. The Morgan fingerprint density at radius 1 is 1.26 bits per heavy atom. The Morgan fingerprint density at radius 2 is 1.95 bits per heavy atom. The number of para-hydroxylation sites is 1. The van der Waals surface area contributed by atoms with Gasteiger partial charge in [0.1, 0.15) is 0 Å². The van der Waals surface area contributed by atoms with Crippen LogP contribution in [0.4, 0.5) is 5.69 Å². The molecule has 1 fully saturated rings. The molecule has 19 heavy (non-hydrogen) atoms. The minimum atomic E-state index is 0.684. The number of benzene rings is 1. The van der Waals surface area contributed by atoms with Crippen molar-refractivity contribution in [3.05, 3.63) is 30.3 Å². The summed E-state index contributed by atoms with van der Waals surface area (Å²) in [6, 6.07) is 12.2. The van der Waals surface area contributed by atoms with Crippen LogP contribution in [-0.2, 0) is 0 Å². The van der Waals surface area contributed by atoms with E-state index < -0.39 is 0 Å². The fourth-order valence-electron chi connectivity index (χ4n) is 2.76. The first-order chi connectivity index (χ1) is 9.33. The molecule has 0 aromatic heterocycles. The van der Waals surface area contributed by atoms with E-state index in [0.29, 0.717) is 12.1 Å². The summed E-state index contributed by atoms with van der Waals surface area (Å²) >= 11 is 1.95. The molecule has 0 aliphatic carbocycles. The normalized spacial score (nSPS) is 18.5. The van der Waals surface area contributed by atoms with Crippen LogP contribution in [0.15, 0.2) is 30.3 Å². The largest absolute Gasteiger partial charge is 0.371 e. The summed E-state index contributed by atoms with van der Waals surface area (Å²) in [5.74, 6) is 1.23. The van der Waals surface area contributed by atoms with Gasteiger partial charge < -0.3 is 10.2 Å². The van der Waals surface area contributed by atoms with E-state index in [1.807, 2.05) is 11.8 Å². The van der Waals surface area contributed by atoms with Gasteiger partial charge in [-0.25, -0.2) is 0 Å². The van der Waals surface area contributed by atoms with E-state index in [4.69, 9.17) is 0 Å². The number of nitrogens with zero attached hydrogens (tertiary/aromatic N) is 1. The molecule has 106 valence electrons. The highest BCUT2D eigenvalue weighted by Crippen LogP contribution is 2.20. The van der Waals surface area contributed by atoms with Crippen molar-refractivity contribution in [3.8, 4) is 0 Å². The number of anilines is 1. The van der Waals surface area contributed by atoms with Crippen LogP contribution in [0.2, 0.25) is 0 Å². The first kappa shape index (κ1) is 14.7. The third-order valence-corrected chi connectivity index (χ3v) is 4.68. The number of hydrogen-bond donors (Lipinski definition) is 1. The van der Waals surface area contributed by atoms with E-state index >= 15 is 0 Å². The van der Waals surface area contributed by atoms with E-state index in [-0.39, 0.29) is 0 Å². The molecule has 1 aromatic rings. The topological polar surface area (TPSA) is 15.3 Å². The molecule has 2 nitrogen and oxygen atoms in total. The third-order valence-electron chi connectivity index (χ3n) is 3.95. The van der Waals surface area contributed by atoms with Gasteiger partial charge in [0.15, 0.2) is 0 Å². The zero-order chi connectivity index (χ0) is 13.5. The number of nitrogens with one attached hydrogen (secondary N) is 1. The summed E-state index contributed by atoms with van der Waals surface area (Å²) in [4.78, 5) is 2.51. The van der Waals surface area contributed by atoms with Gasteiger partial charge in [0.2, 0.25) is 0 Å². The average molecular weight is 278 g/mol. The molecule has 1 aromatic carbocycles. The minimum absolute atomic E-state index is 0.684. The molecule has 1 N–H and O–H groups in total. The van der Waals surface area contributed by atoms with Crippen LogP contribution in [0, 0.1) is 0 Å². The molecule has 1 saturated heterocycles. The Labute approximate surface area is 122 Å². The molecule has 3 heteroatoms. The fraction of sp³-hybridized carbons (Fsp3) is 0.625. The Balaban J connectivity index is 1.79. The van der Waals surface area contributed by atoms with Crippen LogP contribution in [0.25, 0.3) is 0 Å². The van der Waals surface area contributed by atoms with Crippen LogP contribution < -0.4 is 10.2 Å². The van der Waals surface area contributed by atoms with Gasteiger partial charge in [-0.15, -0.1) is 0 Å². The molecule has 1 aliphatic heterocycles. The predicted octanol–water partition coefficient (Wildman–Crippen LogP) is 3.39. The molecule has 1 atom stereocenters. The van der Waals surface area contributed by atoms with E-state index in [1.165, 1.54) is 43.8 Å². The fourth-order valence-corrected chi connectivity index (χ4v) is 3.50. The molecule has 0 bridgehead atoms. The first-order valence-electron chi connectivity index (χ1n) is 7.38. The lowest BCUT2D eigenvalue weighted by molar-refractivity contribution is 0.374. The second-order valence-corrected chi connectivity index (χ2v) is 6.23. The number of rotatable bonds is 6. The van der Waals surface area contributed by atoms with Gasteiger partial charge in [-0.3, -0.25) is 0 Å². The maximum atomic E-state index is 3.83. The van der Waals surface area contributed by atoms with Gasteiger partial charge in [0, 0.05) is 36.6 Å². The number of piperidine rings is 1. The van der Waals surface area contributed by atoms with Crippen LogP contribution >= 0.6 is 11.8 Å². The molecule has 0 saturated carbocycles. The van der Waals surface area contributed by atoms with Crippen molar-refractivity contribution >= 4 is 17.4 Å². The first-order valence-corrected chi connectivity index (χ1v) is 8.77. The molecule has 2 rings (SSSR count). The van der Waals surface area contributed by atoms with Crippen LogP contribution in [-0.4, -0.2) is 37.2 Å². The molecule has 0 radical (unpaired) electrons. The summed E-state index contributed by atoms with van der Waals surface area (Å²) in [6.07, 6.45) is 5.96. The quantitative estimate of drug-likeness (QED) is 0.859. The highest BCUT2D eigenvalue weighted by Gasteiger charge is 2.20. The Kier molecular flexibility index (Phi) is 6.05. The van der Waals surface area contributed by atoms with E-state index in [0.717, 1.165) is 0 Å². The van der Waals surface area contributed by atoms with Crippen molar-refractivity contribution < 1.29 is 0 Å². The van der Waals surface area contributed by atoms with Crippen molar-refractivity contribution in [1.29, 1.82) is 0 Å². The van der Waals surface area contributed by atoms with Gasteiger partial charge in [0.25, 0.3) is 0 Å². The summed E-state index contributed by atoms with van der Waals surface area (Å²) in [5, 5.41) is 3.83. The molecule has 0 spiro atoms. The minimum Gasteiger partial charge on any atom is -0.371 e. The lowest BCUT2D eigenvalue weighted by Crippen LogP contribution is -2.46. The van der Waals surface area contributed by atoms with Crippen molar-refractivity contribution in [2.75, 3.05) is 30.0 Å². The average Bonchev–Trinajstić information content (AvgIpc) is 2.48. The molecular formula is C16H26N2S. The third kappa shape index (κ3) is 4.43. The smallest absolute Gasteiger partial charge is 0.0366 e. The van der Waals surface area contributed by atoms with Gasteiger partial charge in [-0.2, -0.15) is 11.8 Å². The Bertz CT molecular complexity index is 347. The van der Waals surface area contributed by atoms with Crippen LogP contribution in [0.3, 0.4) is 0 Å². The molecule has 0 amide bonds. The summed E-state index contributed by atoms with van der Waals surface area (Å²) < 4.78 is 0. The van der Waals surface area contributed by atoms with Crippen molar-refractivity contribution in [1.82, 2.24) is 5.32 Å². The maximum Gasteiger partial charge on any atom is 0.0366 e. The van der Waals surface area contributed by atoms with Crippen LogP contribution in [0.1, 0.15) is 26.2 Å². The van der Waals surface area contributed by atoms with E-state index in [2.05, 4.69) is 53.7 Å².